The number of hydrogen-bond donors (Lipinski definition) is 0. The number of hydrogen-bond acceptors (Lipinski definition) is 2. The third kappa shape index (κ3) is 3.62. The van der Waals surface area contributed by atoms with E-state index in [1.807, 2.05) is 0 Å². The van der Waals surface area contributed by atoms with Gasteiger partial charge in [0.05, 0.1) is 5.41 Å². The highest BCUT2D eigenvalue weighted by atomic mass is 32.3. The maximum Gasteiger partial charge on any atom is 0.324 e. The van der Waals surface area contributed by atoms with Gasteiger partial charge in [0, 0.05) is 0 Å². The first-order valence-corrected chi connectivity index (χ1v) is 2.58. The minimum atomic E-state index is -4.40. The molecule has 0 aliphatic heterocycles. The van der Waals surface area contributed by atoms with E-state index in [9.17, 15) is 12.3 Å². The van der Waals surface area contributed by atoms with Crippen LogP contribution in [0.15, 0.2) is 12.0 Å². The zero-order valence-electron chi connectivity index (χ0n) is 2.89. The van der Waals surface area contributed by atoms with Crippen LogP contribution < -0.4 is 0 Å². The Morgan fingerprint density at radius 2 is 1.83 bits per heavy atom. The van der Waals surface area contributed by atoms with Crippen LogP contribution >= 0.6 is 0 Å². The molecule has 0 aliphatic rings. The molecule has 6 heavy (non-hydrogen) atoms. The Kier molecular flexibility index (Phi) is 1.29. The fraction of sp³-hybridized carbons (Fsp3) is 0. The summed E-state index contributed by atoms with van der Waals surface area (Å²) in [6.07, 6.45) is 0. The van der Waals surface area contributed by atoms with Crippen molar-refractivity contribution in [1.29, 1.82) is 0 Å². The summed E-state index contributed by atoms with van der Waals surface area (Å²) >= 11 is 0. The Balaban J connectivity index is 4.25. The molecule has 0 unspecified atom stereocenters. The molecule has 0 aromatic heterocycles. The van der Waals surface area contributed by atoms with Gasteiger partial charge in [0.2, 0.25) is 0 Å². The number of halogens is 1. The molecule has 0 saturated carbocycles. The Morgan fingerprint density at radius 3 is 1.83 bits per heavy atom. The van der Waals surface area contributed by atoms with Crippen molar-refractivity contribution >= 4 is 10.2 Å². The van der Waals surface area contributed by atoms with E-state index < -0.39 is 10.2 Å². The first-order chi connectivity index (χ1) is 2.56. The van der Waals surface area contributed by atoms with Gasteiger partial charge in [0.25, 0.3) is 0 Å². The molecule has 0 radical (unpaired) electrons. The van der Waals surface area contributed by atoms with Crippen LogP contribution in [0.1, 0.15) is 0 Å². The largest absolute Gasteiger partial charge is 0.324 e. The van der Waals surface area contributed by atoms with Crippen LogP contribution in [-0.2, 0) is 10.2 Å². The lowest BCUT2D eigenvalue weighted by Gasteiger charge is -1.68. The van der Waals surface area contributed by atoms with Crippen LogP contribution in [0.4, 0.5) is 3.89 Å². The molecule has 36 valence electrons. The predicted molar refractivity (Wildman–Crippen MR) is 20.2 cm³/mol. The van der Waals surface area contributed by atoms with E-state index in [1.165, 1.54) is 0 Å². The van der Waals surface area contributed by atoms with E-state index in [1.54, 1.807) is 0 Å². The van der Waals surface area contributed by atoms with Gasteiger partial charge in [-0.1, -0.05) is 6.58 Å². The molecular weight excluding hydrogens is 107 g/mol. The van der Waals surface area contributed by atoms with Crippen molar-refractivity contribution in [1.82, 2.24) is 0 Å². The maximum absolute atomic E-state index is 11.0. The highest BCUT2D eigenvalue weighted by Crippen LogP contribution is 1.86. The fourth-order valence-corrected chi connectivity index (χ4v) is 0. The van der Waals surface area contributed by atoms with Gasteiger partial charge >= 0.3 is 10.2 Å². The third-order valence-corrected chi connectivity index (χ3v) is 0.597. The molecule has 0 fully saturated rings. The molecule has 0 saturated heterocycles. The molecule has 0 heterocycles. The van der Waals surface area contributed by atoms with Crippen molar-refractivity contribution in [3.63, 3.8) is 0 Å². The monoisotopic (exact) mass is 110 g/mol. The minimum absolute atomic E-state index is 0.243. The molecule has 0 aliphatic carbocycles. The maximum atomic E-state index is 11.0. The first-order valence-electron chi connectivity index (χ1n) is 1.13. The van der Waals surface area contributed by atoms with E-state index >= 15 is 0 Å². The Hall–Kier alpha value is -0.380. The highest BCUT2D eigenvalue weighted by Gasteiger charge is 1.92. The van der Waals surface area contributed by atoms with E-state index in [0.29, 0.717) is 0 Å². The van der Waals surface area contributed by atoms with Gasteiger partial charge in [-0.25, -0.2) is 0 Å². The molecule has 0 amide bonds. The summed E-state index contributed by atoms with van der Waals surface area (Å²) in [5.74, 6) is 0. The molecule has 0 spiro atoms. The average molecular weight is 110 g/mol. The average Bonchev–Trinajstić information content (AvgIpc) is 1.35. The van der Waals surface area contributed by atoms with Gasteiger partial charge in [-0.15, -0.1) is 3.89 Å². The van der Waals surface area contributed by atoms with Crippen LogP contribution in [0.25, 0.3) is 0 Å². The zero-order valence-corrected chi connectivity index (χ0v) is 3.70. The SMILES string of the molecule is C=CS(=O)(=O)F. The summed E-state index contributed by atoms with van der Waals surface area (Å²) in [4.78, 5) is 0. The minimum Gasteiger partial charge on any atom is -0.190 e. The van der Waals surface area contributed by atoms with Crippen LogP contribution in [0, 0.1) is 0 Å². The molecule has 0 rings (SSSR count). The fourth-order valence-electron chi connectivity index (χ4n) is 0. The van der Waals surface area contributed by atoms with Crippen molar-refractivity contribution in [3.8, 4) is 0 Å². The van der Waals surface area contributed by atoms with Crippen molar-refractivity contribution in [3.05, 3.63) is 12.0 Å². The summed E-state index contributed by atoms with van der Waals surface area (Å²) in [6.45, 7) is 2.67. The standard InChI is InChI=1S/C2H3FO2S/c1-2-6(3,4)5/h2H,1H2. The lowest BCUT2D eigenvalue weighted by molar-refractivity contribution is 0.563. The number of rotatable bonds is 1. The van der Waals surface area contributed by atoms with Crippen LogP contribution in [0.5, 0.6) is 0 Å². The van der Waals surface area contributed by atoms with Crippen molar-refractivity contribution in [2.75, 3.05) is 0 Å². The van der Waals surface area contributed by atoms with E-state index in [4.69, 9.17) is 0 Å². The Bertz CT molecular complexity index is 122. The summed E-state index contributed by atoms with van der Waals surface area (Å²) in [5.41, 5.74) is 0. The van der Waals surface area contributed by atoms with Gasteiger partial charge in [-0.3, -0.25) is 0 Å². The van der Waals surface area contributed by atoms with Crippen LogP contribution in [-0.4, -0.2) is 8.42 Å². The normalized spacial score (nSPS) is 10.8. The van der Waals surface area contributed by atoms with Crippen LogP contribution in [0.2, 0.25) is 0 Å². The second kappa shape index (κ2) is 1.38. The summed E-state index contributed by atoms with van der Waals surface area (Å²) in [7, 11) is -4.40. The van der Waals surface area contributed by atoms with Gasteiger partial charge in [-0.05, 0) is 0 Å². The summed E-state index contributed by atoms with van der Waals surface area (Å²) in [5, 5.41) is 0.243. The summed E-state index contributed by atoms with van der Waals surface area (Å²) < 4.78 is 29.4. The molecule has 4 heteroatoms. The van der Waals surface area contributed by atoms with E-state index in [0.717, 1.165) is 0 Å². The quantitative estimate of drug-likeness (QED) is 0.459. The lowest BCUT2D eigenvalue weighted by Crippen LogP contribution is -1.76. The highest BCUT2D eigenvalue weighted by molar-refractivity contribution is 7.89. The topological polar surface area (TPSA) is 34.1 Å². The second-order valence-electron chi connectivity index (χ2n) is 0.642. The first kappa shape index (κ1) is 5.62. The molecule has 0 N–H and O–H groups in total. The van der Waals surface area contributed by atoms with Gasteiger partial charge in [0.1, 0.15) is 0 Å². The molecule has 0 atom stereocenters. The lowest BCUT2D eigenvalue weighted by atomic mass is 11.3. The second-order valence-corrected chi connectivity index (χ2v) is 1.93. The van der Waals surface area contributed by atoms with Gasteiger partial charge in [0.15, 0.2) is 0 Å². The van der Waals surface area contributed by atoms with Crippen molar-refractivity contribution < 1.29 is 12.3 Å². The molecular formula is C2H3FO2S. The Labute approximate surface area is 35.5 Å². The molecule has 0 bridgehead atoms. The van der Waals surface area contributed by atoms with Crippen molar-refractivity contribution in [2.24, 2.45) is 0 Å². The predicted octanol–water partition coefficient (Wildman–Crippen LogP) is 0.429. The van der Waals surface area contributed by atoms with Crippen LogP contribution in [0.3, 0.4) is 0 Å². The zero-order chi connectivity index (χ0) is 5.21. The third-order valence-electron chi connectivity index (χ3n) is 0.199. The smallest absolute Gasteiger partial charge is 0.190 e. The molecule has 0 aromatic rings. The van der Waals surface area contributed by atoms with E-state index in [2.05, 4.69) is 6.58 Å². The molecule has 0 aromatic carbocycles. The van der Waals surface area contributed by atoms with Gasteiger partial charge in [-0.2, -0.15) is 8.42 Å². The Morgan fingerprint density at radius 1 is 1.67 bits per heavy atom. The summed E-state index contributed by atoms with van der Waals surface area (Å²) in [6, 6.07) is 0. The van der Waals surface area contributed by atoms with Gasteiger partial charge < -0.3 is 0 Å². The molecule has 2 nitrogen and oxygen atoms in total. The van der Waals surface area contributed by atoms with E-state index in [-0.39, 0.29) is 5.41 Å². The van der Waals surface area contributed by atoms with Crippen molar-refractivity contribution in [2.45, 2.75) is 0 Å².